The summed E-state index contributed by atoms with van der Waals surface area (Å²) >= 11 is 6.03. The van der Waals surface area contributed by atoms with Crippen LogP contribution in [0.3, 0.4) is 0 Å². The zero-order valence-corrected chi connectivity index (χ0v) is 14.9. The van der Waals surface area contributed by atoms with Gasteiger partial charge in [-0.25, -0.2) is 9.97 Å². The second-order valence-corrected chi connectivity index (χ2v) is 6.24. The van der Waals surface area contributed by atoms with Gasteiger partial charge in [0.2, 0.25) is 11.8 Å². The summed E-state index contributed by atoms with van der Waals surface area (Å²) in [4.78, 5) is 19.8. The van der Waals surface area contributed by atoms with E-state index >= 15 is 0 Å². The van der Waals surface area contributed by atoms with Crippen LogP contribution >= 0.6 is 11.6 Å². The Hall–Kier alpha value is -2.60. The van der Waals surface area contributed by atoms with Gasteiger partial charge in [0.15, 0.2) is 0 Å². The minimum absolute atomic E-state index is 0.0359. The van der Waals surface area contributed by atoms with Crippen LogP contribution in [0.25, 0.3) is 11.5 Å². The fraction of sp³-hybridized carbons (Fsp3) is 0.278. The van der Waals surface area contributed by atoms with Gasteiger partial charge < -0.3 is 14.3 Å². The standard InChI is InChI=1S/C18H19ClN4O2/c1-12-17(22-18(25-12)14-4-3-5-15(19)8-14)10-23-9-16(21-11-23)6-7-20-13(2)24/h3-5,8-9,11H,6-7,10H2,1-2H3,(H,20,24). The van der Waals surface area contributed by atoms with E-state index in [9.17, 15) is 4.79 Å². The number of amides is 1. The van der Waals surface area contributed by atoms with Gasteiger partial charge in [-0.2, -0.15) is 0 Å². The molecule has 0 bridgehead atoms. The third kappa shape index (κ3) is 4.48. The number of benzene rings is 1. The third-order valence-electron chi connectivity index (χ3n) is 3.74. The van der Waals surface area contributed by atoms with E-state index in [1.165, 1.54) is 6.92 Å². The molecule has 2 heterocycles. The van der Waals surface area contributed by atoms with Crippen LogP contribution in [0.1, 0.15) is 24.1 Å². The highest BCUT2D eigenvalue weighted by Gasteiger charge is 2.12. The number of aryl methyl sites for hydroxylation is 1. The number of aromatic nitrogens is 3. The molecule has 0 aliphatic carbocycles. The largest absolute Gasteiger partial charge is 0.441 e. The zero-order valence-electron chi connectivity index (χ0n) is 14.1. The molecular formula is C18H19ClN4O2. The van der Waals surface area contributed by atoms with Gasteiger partial charge in [0, 0.05) is 36.7 Å². The molecule has 130 valence electrons. The van der Waals surface area contributed by atoms with Crippen molar-refractivity contribution < 1.29 is 9.21 Å². The first-order valence-corrected chi connectivity index (χ1v) is 8.36. The van der Waals surface area contributed by atoms with Gasteiger partial charge in [-0.05, 0) is 25.1 Å². The fourth-order valence-electron chi connectivity index (χ4n) is 2.48. The first kappa shape index (κ1) is 17.2. The molecule has 0 spiro atoms. The lowest BCUT2D eigenvalue weighted by Crippen LogP contribution is -2.22. The van der Waals surface area contributed by atoms with Gasteiger partial charge in [0.1, 0.15) is 11.5 Å². The van der Waals surface area contributed by atoms with Crippen LogP contribution in [0, 0.1) is 6.92 Å². The van der Waals surface area contributed by atoms with Crippen molar-refractivity contribution in [1.29, 1.82) is 0 Å². The number of nitrogens with zero attached hydrogens (tertiary/aromatic N) is 3. The molecule has 0 aliphatic heterocycles. The van der Waals surface area contributed by atoms with Crippen molar-refractivity contribution in [2.24, 2.45) is 0 Å². The predicted molar refractivity (Wildman–Crippen MR) is 95.4 cm³/mol. The summed E-state index contributed by atoms with van der Waals surface area (Å²) in [7, 11) is 0. The molecular weight excluding hydrogens is 340 g/mol. The lowest BCUT2D eigenvalue weighted by molar-refractivity contribution is -0.118. The Balaban J connectivity index is 1.69. The van der Waals surface area contributed by atoms with E-state index in [0.29, 0.717) is 30.4 Å². The SMILES string of the molecule is CC(=O)NCCc1cn(Cc2nc(-c3cccc(Cl)c3)oc2C)cn1. The normalized spacial score (nSPS) is 10.8. The lowest BCUT2D eigenvalue weighted by atomic mass is 10.2. The third-order valence-corrected chi connectivity index (χ3v) is 3.97. The summed E-state index contributed by atoms with van der Waals surface area (Å²) in [5.41, 5.74) is 2.62. The number of oxazole rings is 1. The van der Waals surface area contributed by atoms with Gasteiger partial charge in [-0.3, -0.25) is 4.79 Å². The molecule has 0 saturated heterocycles. The maximum Gasteiger partial charge on any atom is 0.226 e. The van der Waals surface area contributed by atoms with Crippen LogP contribution in [-0.2, 0) is 17.8 Å². The van der Waals surface area contributed by atoms with Gasteiger partial charge >= 0.3 is 0 Å². The minimum atomic E-state index is -0.0359. The molecule has 1 amide bonds. The van der Waals surface area contributed by atoms with Crippen LogP contribution < -0.4 is 5.32 Å². The van der Waals surface area contributed by atoms with Crippen molar-refractivity contribution in [3.63, 3.8) is 0 Å². The van der Waals surface area contributed by atoms with Crippen LogP contribution in [-0.4, -0.2) is 27.0 Å². The van der Waals surface area contributed by atoms with Crippen molar-refractivity contribution in [1.82, 2.24) is 19.9 Å². The minimum Gasteiger partial charge on any atom is -0.441 e. The number of hydrogen-bond donors (Lipinski definition) is 1. The van der Waals surface area contributed by atoms with Gasteiger partial charge in [-0.15, -0.1) is 0 Å². The molecule has 0 fully saturated rings. The number of imidazole rings is 1. The van der Waals surface area contributed by atoms with E-state index in [-0.39, 0.29) is 5.91 Å². The molecule has 1 N–H and O–H groups in total. The fourth-order valence-corrected chi connectivity index (χ4v) is 2.67. The monoisotopic (exact) mass is 358 g/mol. The highest BCUT2D eigenvalue weighted by atomic mass is 35.5. The van der Waals surface area contributed by atoms with Crippen molar-refractivity contribution in [2.45, 2.75) is 26.8 Å². The van der Waals surface area contributed by atoms with Crippen molar-refractivity contribution >= 4 is 17.5 Å². The van der Waals surface area contributed by atoms with Crippen LogP contribution in [0.15, 0.2) is 41.2 Å². The Kier molecular flexibility index (Phi) is 5.19. The number of hydrogen-bond acceptors (Lipinski definition) is 4. The summed E-state index contributed by atoms with van der Waals surface area (Å²) in [5.74, 6) is 1.29. The summed E-state index contributed by atoms with van der Waals surface area (Å²) in [6.07, 6.45) is 4.41. The Morgan fingerprint density at radius 2 is 2.24 bits per heavy atom. The molecule has 0 saturated carbocycles. The summed E-state index contributed by atoms with van der Waals surface area (Å²) in [5, 5.41) is 3.41. The average Bonchev–Trinajstić information content (AvgIpc) is 3.15. The van der Waals surface area contributed by atoms with Crippen molar-refractivity contribution in [2.75, 3.05) is 6.54 Å². The van der Waals surface area contributed by atoms with Gasteiger partial charge in [0.25, 0.3) is 0 Å². The molecule has 25 heavy (non-hydrogen) atoms. The summed E-state index contributed by atoms with van der Waals surface area (Å²) < 4.78 is 7.73. The highest BCUT2D eigenvalue weighted by molar-refractivity contribution is 6.30. The van der Waals surface area contributed by atoms with Crippen LogP contribution in [0.2, 0.25) is 5.02 Å². The smallest absolute Gasteiger partial charge is 0.226 e. The molecule has 3 aromatic rings. The van der Waals surface area contributed by atoms with E-state index in [0.717, 1.165) is 22.7 Å². The van der Waals surface area contributed by atoms with E-state index in [1.54, 1.807) is 6.33 Å². The molecule has 2 aromatic heterocycles. The van der Waals surface area contributed by atoms with E-state index < -0.39 is 0 Å². The number of rotatable bonds is 6. The maximum atomic E-state index is 10.9. The molecule has 3 rings (SSSR count). The highest BCUT2D eigenvalue weighted by Crippen LogP contribution is 2.24. The number of carbonyl (C=O) groups excluding carboxylic acids is 1. The van der Waals surface area contributed by atoms with Gasteiger partial charge in [0.05, 0.1) is 18.6 Å². The molecule has 6 nitrogen and oxygen atoms in total. The predicted octanol–water partition coefficient (Wildman–Crippen LogP) is 3.23. The van der Waals surface area contributed by atoms with E-state index in [4.69, 9.17) is 16.0 Å². The Labute approximate surface area is 150 Å². The second-order valence-electron chi connectivity index (χ2n) is 5.80. The quantitative estimate of drug-likeness (QED) is 0.734. The van der Waals surface area contributed by atoms with E-state index in [1.807, 2.05) is 42.0 Å². The maximum absolute atomic E-state index is 10.9. The first-order valence-electron chi connectivity index (χ1n) is 7.98. The topological polar surface area (TPSA) is 73.0 Å². The van der Waals surface area contributed by atoms with Crippen LogP contribution in [0.5, 0.6) is 0 Å². The molecule has 0 atom stereocenters. The average molecular weight is 359 g/mol. The zero-order chi connectivity index (χ0) is 17.8. The van der Waals surface area contributed by atoms with E-state index in [2.05, 4.69) is 15.3 Å². The first-order chi connectivity index (χ1) is 12.0. The van der Waals surface area contributed by atoms with Crippen molar-refractivity contribution in [3.05, 3.63) is 59.0 Å². The molecule has 0 unspecified atom stereocenters. The Morgan fingerprint density at radius 1 is 1.40 bits per heavy atom. The van der Waals surface area contributed by atoms with Gasteiger partial charge in [-0.1, -0.05) is 17.7 Å². The Bertz CT molecular complexity index is 885. The molecule has 1 aromatic carbocycles. The number of nitrogens with one attached hydrogen (secondary N) is 1. The lowest BCUT2D eigenvalue weighted by Gasteiger charge is -1.99. The Morgan fingerprint density at radius 3 is 3.00 bits per heavy atom. The number of carbonyl (C=O) groups is 1. The second kappa shape index (κ2) is 7.53. The molecule has 0 radical (unpaired) electrons. The molecule has 0 aliphatic rings. The summed E-state index contributed by atoms with van der Waals surface area (Å²) in [6, 6.07) is 7.43. The number of halogens is 1. The summed E-state index contributed by atoms with van der Waals surface area (Å²) in [6.45, 7) is 4.55. The molecule has 7 heteroatoms. The van der Waals surface area contributed by atoms with Crippen LogP contribution in [0.4, 0.5) is 0 Å². The van der Waals surface area contributed by atoms with Crippen molar-refractivity contribution in [3.8, 4) is 11.5 Å².